The Morgan fingerprint density at radius 2 is 2.24 bits per heavy atom. The molecule has 17 heavy (non-hydrogen) atoms. The maximum absolute atomic E-state index is 12.0. The number of piperidine rings is 1. The van der Waals surface area contributed by atoms with E-state index in [2.05, 4.69) is 10.6 Å². The van der Waals surface area contributed by atoms with Gasteiger partial charge in [-0.3, -0.25) is 4.79 Å². The molecule has 1 saturated heterocycles. The van der Waals surface area contributed by atoms with Crippen LogP contribution in [-0.2, 0) is 9.53 Å². The quantitative estimate of drug-likeness (QED) is 0.751. The minimum absolute atomic E-state index is 0.117. The zero-order chi connectivity index (χ0) is 12.3. The minimum Gasteiger partial charge on any atom is -0.377 e. The normalized spacial score (nSPS) is 27.8. The first-order valence-electron chi connectivity index (χ1n) is 6.78. The highest BCUT2D eigenvalue weighted by atomic mass is 16.5. The molecular weight excluding hydrogens is 216 g/mol. The average Bonchev–Trinajstić information content (AvgIpc) is 3.01. The number of carbonyl (C=O) groups excluding carboxylic acids is 1. The van der Waals surface area contributed by atoms with Gasteiger partial charge in [0.05, 0.1) is 6.10 Å². The van der Waals surface area contributed by atoms with Gasteiger partial charge in [-0.15, -0.1) is 0 Å². The Balaban J connectivity index is 1.71. The molecule has 2 atom stereocenters. The summed E-state index contributed by atoms with van der Waals surface area (Å²) in [4.78, 5) is 12.0. The molecule has 4 nitrogen and oxygen atoms in total. The lowest BCUT2D eigenvalue weighted by atomic mass is 9.92. The van der Waals surface area contributed by atoms with Crippen molar-refractivity contribution >= 4 is 5.91 Å². The van der Waals surface area contributed by atoms with E-state index in [1.807, 2.05) is 13.8 Å². The molecule has 1 saturated carbocycles. The van der Waals surface area contributed by atoms with Gasteiger partial charge in [0.2, 0.25) is 5.91 Å². The molecule has 0 aromatic carbocycles. The number of hydrogen-bond acceptors (Lipinski definition) is 3. The van der Waals surface area contributed by atoms with E-state index < -0.39 is 0 Å². The third kappa shape index (κ3) is 2.99. The molecule has 2 N–H and O–H groups in total. The summed E-state index contributed by atoms with van der Waals surface area (Å²) in [5.74, 6) is 0.497. The van der Waals surface area contributed by atoms with Crippen molar-refractivity contribution in [1.82, 2.24) is 10.6 Å². The topological polar surface area (TPSA) is 50.4 Å². The van der Waals surface area contributed by atoms with Crippen LogP contribution in [0.4, 0.5) is 0 Å². The fourth-order valence-electron chi connectivity index (χ4n) is 2.91. The Labute approximate surface area is 103 Å². The smallest absolute Gasteiger partial charge is 0.223 e. The summed E-state index contributed by atoms with van der Waals surface area (Å²) in [6.07, 6.45) is 3.52. The first-order valence-corrected chi connectivity index (χ1v) is 6.78. The molecule has 1 amide bonds. The summed E-state index contributed by atoms with van der Waals surface area (Å²) < 4.78 is 5.40. The molecule has 0 aromatic heterocycles. The number of hydrogen-bond donors (Lipinski definition) is 2. The molecule has 0 radical (unpaired) electrons. The van der Waals surface area contributed by atoms with Crippen molar-refractivity contribution in [2.45, 2.75) is 39.2 Å². The number of nitrogens with one attached hydrogen (secondary N) is 2. The standard InChI is InChI=1S/C13H24N2O2/c1-3-17-10(2)9-15-12(16)11-8-13(11)4-6-14-7-5-13/h10-11,14H,3-9H2,1-2H3,(H,15,16). The maximum atomic E-state index is 12.0. The molecule has 1 spiro atoms. The van der Waals surface area contributed by atoms with Gasteiger partial charge in [-0.25, -0.2) is 0 Å². The zero-order valence-corrected chi connectivity index (χ0v) is 10.9. The highest BCUT2D eigenvalue weighted by Crippen LogP contribution is 2.58. The third-order valence-electron chi connectivity index (χ3n) is 4.12. The maximum Gasteiger partial charge on any atom is 0.223 e. The number of rotatable bonds is 5. The van der Waals surface area contributed by atoms with Crippen LogP contribution in [-0.4, -0.2) is 38.3 Å². The van der Waals surface area contributed by atoms with Gasteiger partial charge in [0, 0.05) is 19.1 Å². The van der Waals surface area contributed by atoms with Crippen LogP contribution in [0.25, 0.3) is 0 Å². The Morgan fingerprint density at radius 3 is 2.88 bits per heavy atom. The summed E-state index contributed by atoms with van der Waals surface area (Å²) >= 11 is 0. The molecule has 2 aliphatic rings. The molecule has 2 rings (SSSR count). The van der Waals surface area contributed by atoms with E-state index in [0.29, 0.717) is 18.6 Å². The van der Waals surface area contributed by atoms with Crippen LogP contribution < -0.4 is 10.6 Å². The number of ether oxygens (including phenoxy) is 1. The van der Waals surface area contributed by atoms with Gasteiger partial charge in [-0.05, 0) is 51.6 Å². The van der Waals surface area contributed by atoms with Crippen LogP contribution in [0.15, 0.2) is 0 Å². The molecule has 1 aliphatic carbocycles. The lowest BCUT2D eigenvalue weighted by Gasteiger charge is -2.23. The summed E-state index contributed by atoms with van der Waals surface area (Å²) in [6, 6.07) is 0. The molecule has 98 valence electrons. The van der Waals surface area contributed by atoms with Gasteiger partial charge in [0.25, 0.3) is 0 Å². The summed E-state index contributed by atoms with van der Waals surface area (Å²) in [6.45, 7) is 7.45. The van der Waals surface area contributed by atoms with Crippen molar-refractivity contribution in [2.75, 3.05) is 26.2 Å². The lowest BCUT2D eigenvalue weighted by molar-refractivity contribution is -0.123. The van der Waals surface area contributed by atoms with E-state index in [0.717, 1.165) is 32.4 Å². The summed E-state index contributed by atoms with van der Waals surface area (Å²) in [7, 11) is 0. The van der Waals surface area contributed by atoms with Gasteiger partial charge in [0.1, 0.15) is 0 Å². The number of amides is 1. The summed E-state index contributed by atoms with van der Waals surface area (Å²) in [5, 5.41) is 6.37. The highest BCUT2D eigenvalue weighted by Gasteiger charge is 2.57. The SMILES string of the molecule is CCOC(C)CNC(=O)C1CC12CCNCC2. The monoisotopic (exact) mass is 240 g/mol. The van der Waals surface area contributed by atoms with Crippen molar-refractivity contribution in [2.24, 2.45) is 11.3 Å². The predicted octanol–water partition coefficient (Wildman–Crippen LogP) is 0.917. The Bertz CT molecular complexity index is 275. The average molecular weight is 240 g/mol. The Hall–Kier alpha value is -0.610. The molecule has 2 unspecified atom stereocenters. The molecule has 1 heterocycles. The predicted molar refractivity (Wildman–Crippen MR) is 66.7 cm³/mol. The van der Waals surface area contributed by atoms with Gasteiger partial charge < -0.3 is 15.4 Å². The van der Waals surface area contributed by atoms with Crippen molar-refractivity contribution in [3.8, 4) is 0 Å². The molecular formula is C13H24N2O2. The van der Waals surface area contributed by atoms with Crippen LogP contribution >= 0.6 is 0 Å². The van der Waals surface area contributed by atoms with Crippen molar-refractivity contribution in [1.29, 1.82) is 0 Å². The Kier molecular flexibility index (Phi) is 4.05. The van der Waals surface area contributed by atoms with E-state index in [1.54, 1.807) is 0 Å². The van der Waals surface area contributed by atoms with E-state index in [9.17, 15) is 4.79 Å². The van der Waals surface area contributed by atoms with Gasteiger partial charge in [-0.1, -0.05) is 0 Å². The molecule has 2 fully saturated rings. The third-order valence-corrected chi connectivity index (χ3v) is 4.12. The van der Waals surface area contributed by atoms with Crippen LogP contribution in [0, 0.1) is 11.3 Å². The largest absolute Gasteiger partial charge is 0.377 e. The van der Waals surface area contributed by atoms with Crippen LogP contribution in [0.1, 0.15) is 33.1 Å². The minimum atomic E-state index is 0.117. The first-order chi connectivity index (χ1) is 8.18. The van der Waals surface area contributed by atoms with Crippen LogP contribution in [0.3, 0.4) is 0 Å². The lowest BCUT2D eigenvalue weighted by Crippen LogP contribution is -2.36. The van der Waals surface area contributed by atoms with Crippen LogP contribution in [0.2, 0.25) is 0 Å². The molecule has 1 aliphatic heterocycles. The van der Waals surface area contributed by atoms with E-state index in [4.69, 9.17) is 4.74 Å². The molecule has 0 aromatic rings. The molecule has 4 heteroatoms. The zero-order valence-electron chi connectivity index (χ0n) is 10.9. The fraction of sp³-hybridized carbons (Fsp3) is 0.923. The van der Waals surface area contributed by atoms with Gasteiger partial charge >= 0.3 is 0 Å². The van der Waals surface area contributed by atoms with Gasteiger partial charge in [0.15, 0.2) is 0 Å². The van der Waals surface area contributed by atoms with Crippen molar-refractivity contribution in [3.05, 3.63) is 0 Å². The van der Waals surface area contributed by atoms with E-state index in [-0.39, 0.29) is 17.9 Å². The summed E-state index contributed by atoms with van der Waals surface area (Å²) in [5.41, 5.74) is 0.337. The molecule has 0 bridgehead atoms. The number of carbonyl (C=O) groups is 1. The van der Waals surface area contributed by atoms with Gasteiger partial charge in [-0.2, -0.15) is 0 Å². The second-order valence-corrected chi connectivity index (χ2v) is 5.38. The second-order valence-electron chi connectivity index (χ2n) is 5.38. The van der Waals surface area contributed by atoms with Crippen LogP contribution in [0.5, 0.6) is 0 Å². The van der Waals surface area contributed by atoms with E-state index >= 15 is 0 Å². The van der Waals surface area contributed by atoms with Crippen molar-refractivity contribution in [3.63, 3.8) is 0 Å². The highest BCUT2D eigenvalue weighted by molar-refractivity contribution is 5.82. The first kappa shape index (κ1) is 12.8. The second kappa shape index (κ2) is 5.36. The van der Waals surface area contributed by atoms with E-state index in [1.165, 1.54) is 0 Å². The van der Waals surface area contributed by atoms with Crippen molar-refractivity contribution < 1.29 is 9.53 Å². The Morgan fingerprint density at radius 1 is 1.53 bits per heavy atom. The fourth-order valence-corrected chi connectivity index (χ4v) is 2.91.